The number of carbonyl (C=O) groups excluding carboxylic acids is 2. The van der Waals surface area contributed by atoms with Gasteiger partial charge < -0.3 is 14.8 Å². The molecule has 25 heavy (non-hydrogen) atoms. The SMILES string of the molecule is CCOC(=O)C=CC(=O)Nc1ccc(S(=O)(=O)N2CCOCC2)cc1. The standard InChI is InChI=1S/C16H20N2O6S/c1-2-24-16(20)8-7-15(19)17-13-3-5-14(6-4-13)25(21,22)18-9-11-23-12-10-18/h3-8H,2,9-12H2,1H3,(H,17,19). The normalized spacial score (nSPS) is 15.9. The maximum Gasteiger partial charge on any atom is 0.330 e. The van der Waals surface area contributed by atoms with E-state index in [1.54, 1.807) is 6.92 Å². The molecule has 1 fully saturated rings. The minimum Gasteiger partial charge on any atom is -0.463 e. The lowest BCUT2D eigenvalue weighted by Crippen LogP contribution is -2.40. The lowest BCUT2D eigenvalue weighted by Gasteiger charge is -2.26. The highest BCUT2D eigenvalue weighted by molar-refractivity contribution is 7.89. The first-order valence-corrected chi connectivity index (χ1v) is 9.21. The van der Waals surface area contributed by atoms with E-state index in [1.165, 1.54) is 28.6 Å². The van der Waals surface area contributed by atoms with Crippen molar-refractivity contribution in [2.45, 2.75) is 11.8 Å². The van der Waals surface area contributed by atoms with Crippen molar-refractivity contribution in [3.63, 3.8) is 0 Å². The van der Waals surface area contributed by atoms with Crippen LogP contribution in [-0.4, -0.2) is 57.5 Å². The van der Waals surface area contributed by atoms with E-state index in [0.29, 0.717) is 32.0 Å². The average Bonchev–Trinajstić information content (AvgIpc) is 2.61. The smallest absolute Gasteiger partial charge is 0.330 e. The van der Waals surface area contributed by atoms with Crippen molar-refractivity contribution in [3.8, 4) is 0 Å². The maximum absolute atomic E-state index is 12.5. The first kappa shape index (κ1) is 19.1. The molecule has 0 aromatic heterocycles. The van der Waals surface area contributed by atoms with Crippen molar-refractivity contribution in [1.29, 1.82) is 0 Å². The number of carbonyl (C=O) groups is 2. The van der Waals surface area contributed by atoms with Gasteiger partial charge in [-0.2, -0.15) is 4.31 Å². The van der Waals surface area contributed by atoms with Crippen molar-refractivity contribution in [1.82, 2.24) is 4.31 Å². The molecule has 1 aromatic carbocycles. The lowest BCUT2D eigenvalue weighted by molar-refractivity contribution is -0.137. The number of benzene rings is 1. The van der Waals surface area contributed by atoms with Gasteiger partial charge in [0.15, 0.2) is 0 Å². The van der Waals surface area contributed by atoms with Crippen LogP contribution in [0, 0.1) is 0 Å². The predicted molar refractivity (Wildman–Crippen MR) is 90.4 cm³/mol. The fourth-order valence-electron chi connectivity index (χ4n) is 2.16. The first-order chi connectivity index (χ1) is 11.9. The third kappa shape index (κ3) is 5.38. The number of nitrogens with one attached hydrogen (secondary N) is 1. The molecule has 1 heterocycles. The minimum absolute atomic E-state index is 0.148. The van der Waals surface area contributed by atoms with E-state index in [-0.39, 0.29) is 11.5 Å². The molecule has 1 aliphatic heterocycles. The number of rotatable bonds is 6. The van der Waals surface area contributed by atoms with Gasteiger partial charge in [-0.15, -0.1) is 0 Å². The zero-order valence-electron chi connectivity index (χ0n) is 13.8. The molecule has 1 amide bonds. The highest BCUT2D eigenvalue weighted by Gasteiger charge is 2.26. The summed E-state index contributed by atoms with van der Waals surface area (Å²) in [6.45, 7) is 3.28. The van der Waals surface area contributed by atoms with Crippen LogP contribution in [0.15, 0.2) is 41.3 Å². The van der Waals surface area contributed by atoms with E-state index in [0.717, 1.165) is 12.2 Å². The molecular weight excluding hydrogens is 348 g/mol. The Bertz CT molecular complexity index is 736. The number of anilines is 1. The number of hydrogen-bond donors (Lipinski definition) is 1. The minimum atomic E-state index is -3.57. The Morgan fingerprint density at radius 1 is 1.20 bits per heavy atom. The van der Waals surface area contributed by atoms with Crippen LogP contribution in [0.2, 0.25) is 0 Å². The Balaban J connectivity index is 1.99. The van der Waals surface area contributed by atoms with E-state index >= 15 is 0 Å². The van der Waals surface area contributed by atoms with Crippen LogP contribution >= 0.6 is 0 Å². The molecule has 0 unspecified atom stereocenters. The summed E-state index contributed by atoms with van der Waals surface area (Å²) in [5.74, 6) is -1.12. The van der Waals surface area contributed by atoms with Gasteiger partial charge in [0, 0.05) is 30.9 Å². The molecule has 1 N–H and O–H groups in total. The van der Waals surface area contributed by atoms with Crippen LogP contribution in [0.3, 0.4) is 0 Å². The Kier molecular flexibility index (Phi) is 6.68. The van der Waals surface area contributed by atoms with E-state index in [1.807, 2.05) is 0 Å². The van der Waals surface area contributed by atoms with Gasteiger partial charge >= 0.3 is 5.97 Å². The monoisotopic (exact) mass is 368 g/mol. The van der Waals surface area contributed by atoms with Crippen molar-refractivity contribution in [3.05, 3.63) is 36.4 Å². The van der Waals surface area contributed by atoms with Gasteiger partial charge in [0.05, 0.1) is 24.7 Å². The van der Waals surface area contributed by atoms with Gasteiger partial charge in [-0.25, -0.2) is 13.2 Å². The predicted octanol–water partition coefficient (Wildman–Crippen LogP) is 0.765. The fraction of sp³-hybridized carbons (Fsp3) is 0.375. The molecule has 1 aliphatic rings. The molecule has 1 aromatic rings. The van der Waals surface area contributed by atoms with Crippen molar-refractivity contribution in [2.24, 2.45) is 0 Å². The second kappa shape index (κ2) is 8.75. The maximum atomic E-state index is 12.5. The van der Waals surface area contributed by atoms with E-state index in [4.69, 9.17) is 4.74 Å². The fourth-order valence-corrected chi connectivity index (χ4v) is 3.57. The summed E-state index contributed by atoms with van der Waals surface area (Å²) in [6, 6.07) is 5.83. The molecule has 9 heteroatoms. The summed E-state index contributed by atoms with van der Waals surface area (Å²) < 4.78 is 36.2. The Morgan fingerprint density at radius 2 is 1.84 bits per heavy atom. The molecule has 8 nitrogen and oxygen atoms in total. The molecule has 0 spiro atoms. The topological polar surface area (TPSA) is 102 Å². The highest BCUT2D eigenvalue weighted by Crippen LogP contribution is 2.19. The molecule has 0 radical (unpaired) electrons. The molecule has 1 saturated heterocycles. The molecule has 2 rings (SSSR count). The summed E-state index contributed by atoms with van der Waals surface area (Å²) in [7, 11) is -3.57. The van der Waals surface area contributed by atoms with E-state index < -0.39 is 21.9 Å². The van der Waals surface area contributed by atoms with Crippen molar-refractivity contribution >= 4 is 27.6 Å². The van der Waals surface area contributed by atoms with E-state index in [9.17, 15) is 18.0 Å². The van der Waals surface area contributed by atoms with Crippen LogP contribution < -0.4 is 5.32 Å². The third-order valence-electron chi connectivity index (χ3n) is 3.39. The Hall–Kier alpha value is -2.23. The van der Waals surface area contributed by atoms with Gasteiger partial charge in [-0.1, -0.05) is 0 Å². The van der Waals surface area contributed by atoms with Gasteiger partial charge in [0.25, 0.3) is 0 Å². The number of esters is 1. The van der Waals surface area contributed by atoms with Crippen LogP contribution in [-0.2, 0) is 29.1 Å². The Morgan fingerprint density at radius 3 is 2.44 bits per heavy atom. The second-order valence-electron chi connectivity index (χ2n) is 5.12. The molecule has 0 saturated carbocycles. The summed E-state index contributed by atoms with van der Waals surface area (Å²) in [5, 5.41) is 2.54. The van der Waals surface area contributed by atoms with Crippen LogP contribution in [0.5, 0.6) is 0 Å². The number of hydrogen-bond acceptors (Lipinski definition) is 6. The number of nitrogens with zero attached hydrogens (tertiary/aromatic N) is 1. The molecule has 0 aliphatic carbocycles. The Labute approximate surface area is 146 Å². The van der Waals surface area contributed by atoms with Gasteiger partial charge in [-0.05, 0) is 31.2 Å². The summed E-state index contributed by atoms with van der Waals surface area (Å²) in [4.78, 5) is 23.0. The highest BCUT2D eigenvalue weighted by atomic mass is 32.2. The second-order valence-corrected chi connectivity index (χ2v) is 7.05. The quantitative estimate of drug-likeness (QED) is 0.588. The first-order valence-electron chi connectivity index (χ1n) is 7.77. The molecule has 136 valence electrons. The third-order valence-corrected chi connectivity index (χ3v) is 5.30. The van der Waals surface area contributed by atoms with Crippen molar-refractivity contribution < 1.29 is 27.5 Å². The van der Waals surface area contributed by atoms with E-state index in [2.05, 4.69) is 10.1 Å². The van der Waals surface area contributed by atoms with Crippen molar-refractivity contribution in [2.75, 3.05) is 38.2 Å². The molecular formula is C16H20N2O6S. The largest absolute Gasteiger partial charge is 0.463 e. The number of sulfonamides is 1. The number of morpholine rings is 1. The molecule has 0 atom stereocenters. The van der Waals surface area contributed by atoms with Gasteiger partial charge in [0.1, 0.15) is 0 Å². The lowest BCUT2D eigenvalue weighted by atomic mass is 10.3. The summed E-state index contributed by atoms with van der Waals surface area (Å²) >= 11 is 0. The zero-order chi connectivity index (χ0) is 18.3. The van der Waals surface area contributed by atoms with Gasteiger partial charge in [0.2, 0.25) is 15.9 Å². The molecule has 0 bridgehead atoms. The summed E-state index contributed by atoms with van der Waals surface area (Å²) in [6.07, 6.45) is 2.08. The summed E-state index contributed by atoms with van der Waals surface area (Å²) in [5.41, 5.74) is 0.416. The number of ether oxygens (including phenoxy) is 2. The van der Waals surface area contributed by atoms with Crippen LogP contribution in [0.25, 0.3) is 0 Å². The van der Waals surface area contributed by atoms with Crippen LogP contribution in [0.1, 0.15) is 6.92 Å². The zero-order valence-corrected chi connectivity index (χ0v) is 14.6. The average molecular weight is 368 g/mol. The van der Waals surface area contributed by atoms with Gasteiger partial charge in [-0.3, -0.25) is 4.79 Å². The van der Waals surface area contributed by atoms with Crippen LogP contribution in [0.4, 0.5) is 5.69 Å². The number of amides is 1.